The Balaban J connectivity index is 2.01. The maximum Gasteiger partial charge on any atom is 0.139 e. The first-order chi connectivity index (χ1) is 11.4. The number of aryl methyl sites for hydroxylation is 1. The largest absolute Gasteiger partial charge is 0.385 e. The molecule has 3 aromatic rings. The second-order valence-corrected chi connectivity index (χ2v) is 13.0. The summed E-state index contributed by atoms with van der Waals surface area (Å²) in [5.41, 5.74) is 6.01. The second kappa shape index (κ2) is 5.64. The monoisotopic (exact) mass is 355 g/mol. The summed E-state index contributed by atoms with van der Waals surface area (Å²) in [5, 5.41) is 6.67. The van der Waals surface area contributed by atoms with E-state index in [2.05, 4.69) is 53.1 Å². The van der Waals surface area contributed by atoms with Crippen LogP contribution in [0.2, 0.25) is 24.7 Å². The molecule has 1 aliphatic rings. The number of aromatic nitrogens is 2. The first-order valence-corrected chi connectivity index (χ1v) is 12.4. The van der Waals surface area contributed by atoms with Crippen LogP contribution in [0.25, 0.3) is 22.2 Å². The minimum atomic E-state index is -1.58. The van der Waals surface area contributed by atoms with E-state index in [1.807, 2.05) is 6.07 Å². The molecule has 3 nitrogen and oxygen atoms in total. The van der Waals surface area contributed by atoms with Gasteiger partial charge in [-0.1, -0.05) is 43.4 Å². The van der Waals surface area contributed by atoms with Gasteiger partial charge in [0.1, 0.15) is 5.65 Å². The van der Waals surface area contributed by atoms with Crippen molar-refractivity contribution in [2.45, 2.75) is 32.5 Å². The second-order valence-electron chi connectivity index (χ2n) is 7.54. The van der Waals surface area contributed by atoms with Gasteiger partial charge < -0.3 is 10.3 Å². The normalized spacial score (nSPS) is 14.5. The lowest BCUT2D eigenvalue weighted by Crippen LogP contribution is -2.39. The van der Waals surface area contributed by atoms with Crippen molar-refractivity contribution in [3.63, 3.8) is 0 Å². The number of anilines is 1. The van der Waals surface area contributed by atoms with Gasteiger partial charge in [-0.15, -0.1) is 0 Å². The van der Waals surface area contributed by atoms with Crippen LogP contribution in [-0.2, 0) is 6.42 Å². The number of hydrogen-bond donors (Lipinski definition) is 2. The number of aromatic amines is 1. The van der Waals surface area contributed by atoms with Crippen LogP contribution in [0.1, 0.15) is 12.0 Å². The van der Waals surface area contributed by atoms with Gasteiger partial charge >= 0.3 is 0 Å². The third-order valence-electron chi connectivity index (χ3n) is 4.73. The van der Waals surface area contributed by atoms with Crippen molar-refractivity contribution in [3.05, 3.63) is 41.0 Å². The van der Waals surface area contributed by atoms with Crippen LogP contribution in [0, 0.1) is 0 Å². The molecular weight excluding hydrogens is 334 g/mol. The number of nitrogens with zero attached hydrogens (tertiary/aromatic N) is 1. The highest BCUT2D eigenvalue weighted by molar-refractivity contribution is 6.89. The van der Waals surface area contributed by atoms with Gasteiger partial charge in [0.15, 0.2) is 0 Å². The third-order valence-corrected chi connectivity index (χ3v) is 6.92. The van der Waals surface area contributed by atoms with E-state index in [1.165, 1.54) is 34.1 Å². The molecule has 0 saturated carbocycles. The number of fused-ring (bicyclic) bond motifs is 2. The number of halogens is 1. The van der Waals surface area contributed by atoms with Gasteiger partial charge in [0.05, 0.1) is 13.1 Å². The molecule has 0 amide bonds. The van der Waals surface area contributed by atoms with Gasteiger partial charge in [0.25, 0.3) is 0 Å². The third kappa shape index (κ3) is 2.54. The Bertz CT molecular complexity index is 924. The maximum absolute atomic E-state index is 6.56. The van der Waals surface area contributed by atoms with Crippen molar-refractivity contribution in [1.82, 2.24) is 9.97 Å². The number of rotatable bonds is 2. The van der Waals surface area contributed by atoms with Crippen molar-refractivity contribution >= 4 is 41.7 Å². The van der Waals surface area contributed by atoms with E-state index < -0.39 is 8.07 Å². The lowest BCUT2D eigenvalue weighted by atomic mass is 9.98. The van der Waals surface area contributed by atoms with Gasteiger partial charge in [-0.2, -0.15) is 0 Å². The number of H-pyrrole nitrogens is 1. The van der Waals surface area contributed by atoms with E-state index in [1.54, 1.807) is 6.20 Å². The summed E-state index contributed by atoms with van der Waals surface area (Å²) in [6, 6.07) is 8.66. The van der Waals surface area contributed by atoms with Crippen LogP contribution >= 0.6 is 11.6 Å². The zero-order valence-electron chi connectivity index (χ0n) is 14.3. The molecule has 124 valence electrons. The molecule has 2 aromatic heterocycles. The van der Waals surface area contributed by atoms with Crippen molar-refractivity contribution in [1.29, 1.82) is 0 Å². The highest BCUT2D eigenvalue weighted by atomic mass is 35.5. The summed E-state index contributed by atoms with van der Waals surface area (Å²) in [6.07, 6.45) is 4.13. The molecule has 1 aliphatic heterocycles. The number of benzene rings is 1. The fraction of sp³-hybridized carbons (Fsp3) is 0.316. The molecule has 3 heterocycles. The Morgan fingerprint density at radius 2 is 2.00 bits per heavy atom. The minimum Gasteiger partial charge on any atom is -0.385 e. The van der Waals surface area contributed by atoms with Crippen molar-refractivity contribution in [2.75, 3.05) is 11.9 Å². The summed E-state index contributed by atoms with van der Waals surface area (Å²) in [4.78, 5) is 8.09. The standard InChI is InChI=1S/C19H22ClN3Si/c1-24(2,3)19-16(17-14(20)8-10-22-18(17)23-19)13-7-6-12-5-4-9-21-15(12)11-13/h6-8,10-11,21H,4-5,9H2,1-3H3,(H,22,23). The zero-order chi connectivity index (χ0) is 16.9. The Morgan fingerprint density at radius 3 is 2.79 bits per heavy atom. The van der Waals surface area contributed by atoms with Crippen LogP contribution in [0.15, 0.2) is 30.5 Å². The molecule has 0 aliphatic carbocycles. The summed E-state index contributed by atoms with van der Waals surface area (Å²) >= 11 is 6.56. The number of pyridine rings is 1. The molecule has 2 N–H and O–H groups in total. The van der Waals surface area contributed by atoms with Gasteiger partial charge in [0.2, 0.25) is 0 Å². The zero-order valence-corrected chi connectivity index (χ0v) is 16.1. The van der Waals surface area contributed by atoms with E-state index in [4.69, 9.17) is 11.6 Å². The molecule has 5 heteroatoms. The van der Waals surface area contributed by atoms with Crippen LogP contribution in [0.3, 0.4) is 0 Å². The van der Waals surface area contributed by atoms with Crippen LogP contribution in [0.5, 0.6) is 0 Å². The predicted octanol–water partition coefficient (Wildman–Crippen LogP) is 4.79. The molecule has 0 bridgehead atoms. The molecule has 0 radical (unpaired) electrons. The van der Waals surface area contributed by atoms with E-state index in [0.29, 0.717) is 0 Å². The fourth-order valence-corrected chi connectivity index (χ4v) is 5.30. The molecule has 0 fully saturated rings. The smallest absolute Gasteiger partial charge is 0.139 e. The highest BCUT2D eigenvalue weighted by Gasteiger charge is 2.27. The molecule has 0 saturated heterocycles. The van der Waals surface area contributed by atoms with Gasteiger partial charge in [-0.3, -0.25) is 0 Å². The molecule has 0 spiro atoms. The van der Waals surface area contributed by atoms with Gasteiger partial charge in [-0.05, 0) is 36.1 Å². The van der Waals surface area contributed by atoms with Crippen LogP contribution < -0.4 is 10.6 Å². The predicted molar refractivity (Wildman–Crippen MR) is 106 cm³/mol. The maximum atomic E-state index is 6.56. The SMILES string of the molecule is C[Si](C)(C)c1[nH]c2nccc(Cl)c2c1-c1ccc2c(c1)NCCC2. The molecular formula is C19H22ClN3Si. The molecule has 1 aromatic carbocycles. The summed E-state index contributed by atoms with van der Waals surface area (Å²) in [5.74, 6) is 0. The number of hydrogen-bond acceptors (Lipinski definition) is 2. The molecule has 24 heavy (non-hydrogen) atoms. The van der Waals surface area contributed by atoms with Crippen molar-refractivity contribution < 1.29 is 0 Å². The average Bonchev–Trinajstić information content (AvgIpc) is 2.96. The summed E-state index contributed by atoms with van der Waals surface area (Å²) in [6.45, 7) is 8.11. The van der Waals surface area contributed by atoms with Crippen molar-refractivity contribution in [3.8, 4) is 11.1 Å². The first-order valence-electron chi connectivity index (χ1n) is 8.49. The molecule has 4 rings (SSSR count). The topological polar surface area (TPSA) is 40.7 Å². The van der Waals surface area contributed by atoms with E-state index >= 15 is 0 Å². The molecule has 0 unspecified atom stereocenters. The highest BCUT2D eigenvalue weighted by Crippen LogP contribution is 2.35. The Morgan fingerprint density at radius 1 is 1.17 bits per heavy atom. The van der Waals surface area contributed by atoms with E-state index in [0.717, 1.165) is 29.0 Å². The Kier molecular flexibility index (Phi) is 3.70. The van der Waals surface area contributed by atoms with E-state index in [9.17, 15) is 0 Å². The molecule has 0 atom stereocenters. The lowest BCUT2D eigenvalue weighted by molar-refractivity contribution is 0.830. The quantitative estimate of drug-likeness (QED) is 0.649. The first kappa shape index (κ1) is 15.7. The van der Waals surface area contributed by atoms with Crippen molar-refractivity contribution in [2.24, 2.45) is 0 Å². The average molecular weight is 356 g/mol. The van der Waals surface area contributed by atoms with Gasteiger partial charge in [0, 0.05) is 34.7 Å². The van der Waals surface area contributed by atoms with E-state index in [-0.39, 0.29) is 0 Å². The minimum absolute atomic E-state index is 0.765. The van der Waals surface area contributed by atoms with Crippen LogP contribution in [-0.4, -0.2) is 24.6 Å². The van der Waals surface area contributed by atoms with Crippen LogP contribution in [0.4, 0.5) is 5.69 Å². The Labute approximate surface area is 148 Å². The van der Waals surface area contributed by atoms with Gasteiger partial charge in [-0.25, -0.2) is 4.98 Å². The summed E-state index contributed by atoms with van der Waals surface area (Å²) < 4.78 is 0. The fourth-order valence-electron chi connectivity index (χ4n) is 3.54. The Hall–Kier alpha value is -1.78. The number of nitrogens with one attached hydrogen (secondary N) is 2. The summed E-state index contributed by atoms with van der Waals surface area (Å²) in [7, 11) is -1.58. The lowest BCUT2D eigenvalue weighted by Gasteiger charge is -2.21.